The van der Waals surface area contributed by atoms with Crippen LogP contribution in [0.2, 0.25) is 0 Å². The van der Waals surface area contributed by atoms with Crippen LogP contribution < -0.4 is 5.73 Å². The van der Waals surface area contributed by atoms with Crippen LogP contribution in [0.1, 0.15) is 38.2 Å². The first-order valence-corrected chi connectivity index (χ1v) is 8.28. The first-order chi connectivity index (χ1) is 8.96. The molecule has 0 radical (unpaired) electrons. The summed E-state index contributed by atoms with van der Waals surface area (Å²) in [7, 11) is -3.37. The fourth-order valence-corrected chi connectivity index (χ4v) is 3.93. The summed E-state index contributed by atoms with van der Waals surface area (Å²) in [6.07, 6.45) is 3.87. The molecule has 0 aromatic heterocycles. The molecule has 1 saturated carbocycles. The van der Waals surface area contributed by atoms with Gasteiger partial charge in [-0.05, 0) is 49.9 Å². The van der Waals surface area contributed by atoms with E-state index in [-0.39, 0.29) is 6.04 Å². The summed E-state index contributed by atoms with van der Waals surface area (Å²) in [6, 6.07) is 5.16. The first-order valence-electron chi connectivity index (χ1n) is 6.84. The highest BCUT2D eigenvalue weighted by Gasteiger charge is 2.37. The van der Waals surface area contributed by atoms with Gasteiger partial charge in [-0.2, -0.15) is 4.31 Å². The molecular weight excluding hydrogens is 260 g/mol. The van der Waals surface area contributed by atoms with Crippen molar-refractivity contribution in [3.63, 3.8) is 0 Å². The number of hydrogen-bond acceptors (Lipinski definition) is 3. The van der Waals surface area contributed by atoms with E-state index in [2.05, 4.69) is 6.92 Å². The normalized spacial score (nSPS) is 15.9. The lowest BCUT2D eigenvalue weighted by Gasteiger charge is -2.22. The van der Waals surface area contributed by atoms with Crippen LogP contribution in [0.15, 0.2) is 23.1 Å². The van der Waals surface area contributed by atoms with Crippen molar-refractivity contribution in [3.05, 3.63) is 23.8 Å². The Morgan fingerprint density at radius 1 is 1.37 bits per heavy atom. The van der Waals surface area contributed by atoms with E-state index in [0.717, 1.165) is 31.2 Å². The quantitative estimate of drug-likeness (QED) is 0.815. The van der Waals surface area contributed by atoms with Gasteiger partial charge in [-0.15, -0.1) is 0 Å². The average Bonchev–Trinajstić information content (AvgIpc) is 3.17. The van der Waals surface area contributed by atoms with Crippen molar-refractivity contribution >= 4 is 15.7 Å². The maximum Gasteiger partial charge on any atom is 0.243 e. The fourth-order valence-electron chi connectivity index (χ4n) is 2.12. The molecule has 1 aromatic rings. The Labute approximate surface area is 115 Å². The number of hydrogen-bond donors (Lipinski definition) is 1. The number of anilines is 1. The van der Waals surface area contributed by atoms with Crippen molar-refractivity contribution in [2.75, 3.05) is 12.3 Å². The van der Waals surface area contributed by atoms with Gasteiger partial charge in [0.15, 0.2) is 0 Å². The Morgan fingerprint density at radius 2 is 2.05 bits per heavy atom. The van der Waals surface area contributed by atoms with Gasteiger partial charge >= 0.3 is 0 Å². The number of benzene rings is 1. The van der Waals surface area contributed by atoms with E-state index in [4.69, 9.17) is 5.73 Å². The molecule has 0 atom stereocenters. The van der Waals surface area contributed by atoms with Crippen LogP contribution in [-0.4, -0.2) is 25.3 Å². The maximum atomic E-state index is 12.7. The van der Waals surface area contributed by atoms with E-state index >= 15 is 0 Å². The van der Waals surface area contributed by atoms with Gasteiger partial charge in [-0.1, -0.05) is 13.3 Å². The van der Waals surface area contributed by atoms with Crippen molar-refractivity contribution in [3.8, 4) is 0 Å². The highest BCUT2D eigenvalue weighted by Crippen LogP contribution is 2.32. The zero-order chi connectivity index (χ0) is 14.0. The lowest BCUT2D eigenvalue weighted by atomic mass is 10.2. The highest BCUT2D eigenvalue weighted by atomic mass is 32.2. The number of nitrogen functional groups attached to an aromatic ring is 1. The predicted molar refractivity (Wildman–Crippen MR) is 77.4 cm³/mol. The Bertz CT molecular complexity index is 551. The van der Waals surface area contributed by atoms with Crippen LogP contribution in [0.25, 0.3) is 0 Å². The molecule has 1 aliphatic carbocycles. The Hall–Kier alpha value is -1.07. The van der Waals surface area contributed by atoms with Gasteiger partial charge in [0.2, 0.25) is 10.0 Å². The molecule has 4 nitrogen and oxygen atoms in total. The zero-order valence-corrected chi connectivity index (χ0v) is 12.4. The van der Waals surface area contributed by atoms with E-state index in [1.807, 2.05) is 6.92 Å². The standard InChI is InChI=1S/C14H22N2O2S/c1-3-4-9-16(12-5-6-12)19(17,18)13-7-8-14(15)11(2)10-13/h7-8,10,12H,3-6,9,15H2,1-2H3. The summed E-state index contributed by atoms with van der Waals surface area (Å²) in [5.74, 6) is 0. The van der Waals surface area contributed by atoms with Crippen LogP contribution in [0.3, 0.4) is 0 Å². The number of rotatable bonds is 6. The minimum atomic E-state index is -3.37. The Kier molecular flexibility index (Phi) is 4.16. The zero-order valence-electron chi connectivity index (χ0n) is 11.6. The third-order valence-electron chi connectivity index (χ3n) is 3.53. The van der Waals surface area contributed by atoms with Crippen LogP contribution in [0.5, 0.6) is 0 Å². The fraction of sp³-hybridized carbons (Fsp3) is 0.571. The van der Waals surface area contributed by atoms with Crippen molar-refractivity contribution in [2.24, 2.45) is 0 Å². The van der Waals surface area contributed by atoms with Crippen molar-refractivity contribution in [1.29, 1.82) is 0 Å². The number of aryl methyl sites for hydroxylation is 1. The lowest BCUT2D eigenvalue weighted by molar-refractivity contribution is 0.395. The summed E-state index contributed by atoms with van der Waals surface area (Å²) in [4.78, 5) is 0.363. The Balaban J connectivity index is 2.30. The predicted octanol–water partition coefficient (Wildman–Crippen LogP) is 2.53. The molecule has 1 fully saturated rings. The molecule has 0 aliphatic heterocycles. The number of nitrogens with two attached hydrogens (primary N) is 1. The lowest BCUT2D eigenvalue weighted by Crippen LogP contribution is -2.34. The van der Waals surface area contributed by atoms with Crippen LogP contribution >= 0.6 is 0 Å². The first kappa shape index (κ1) is 14.3. The van der Waals surface area contributed by atoms with Gasteiger partial charge < -0.3 is 5.73 Å². The molecular formula is C14H22N2O2S. The van der Waals surface area contributed by atoms with Crippen molar-refractivity contribution < 1.29 is 8.42 Å². The number of unbranched alkanes of at least 4 members (excludes halogenated alkanes) is 1. The molecule has 2 N–H and O–H groups in total. The summed E-state index contributed by atoms with van der Waals surface area (Å²) in [5.41, 5.74) is 7.19. The van der Waals surface area contributed by atoms with Gasteiger partial charge in [0.25, 0.3) is 0 Å². The molecule has 0 saturated heterocycles. The molecule has 5 heteroatoms. The SMILES string of the molecule is CCCCN(C1CC1)S(=O)(=O)c1ccc(N)c(C)c1. The van der Waals surface area contributed by atoms with Gasteiger partial charge in [0, 0.05) is 18.3 Å². The largest absolute Gasteiger partial charge is 0.399 e. The minimum absolute atomic E-state index is 0.203. The second kappa shape index (κ2) is 5.51. The molecule has 1 aromatic carbocycles. The van der Waals surface area contributed by atoms with Gasteiger partial charge in [-0.3, -0.25) is 0 Å². The molecule has 1 aliphatic rings. The number of nitrogens with zero attached hydrogens (tertiary/aromatic N) is 1. The van der Waals surface area contributed by atoms with Crippen molar-refractivity contribution in [1.82, 2.24) is 4.31 Å². The summed E-state index contributed by atoms with van der Waals surface area (Å²) < 4.78 is 27.0. The van der Waals surface area contributed by atoms with Crippen LogP contribution in [0.4, 0.5) is 5.69 Å². The highest BCUT2D eigenvalue weighted by molar-refractivity contribution is 7.89. The summed E-state index contributed by atoms with van der Waals surface area (Å²) >= 11 is 0. The molecule has 0 heterocycles. The molecule has 19 heavy (non-hydrogen) atoms. The molecule has 106 valence electrons. The van der Waals surface area contributed by atoms with E-state index < -0.39 is 10.0 Å². The maximum absolute atomic E-state index is 12.7. The van der Waals surface area contributed by atoms with Gasteiger partial charge in [-0.25, -0.2) is 8.42 Å². The van der Waals surface area contributed by atoms with Gasteiger partial charge in [0.05, 0.1) is 4.90 Å². The topological polar surface area (TPSA) is 63.4 Å². The third kappa shape index (κ3) is 3.09. The monoisotopic (exact) mass is 282 g/mol. The van der Waals surface area contributed by atoms with E-state index in [0.29, 0.717) is 17.1 Å². The molecule has 2 rings (SSSR count). The van der Waals surface area contributed by atoms with Crippen molar-refractivity contribution in [2.45, 2.75) is 50.5 Å². The Morgan fingerprint density at radius 3 is 2.58 bits per heavy atom. The third-order valence-corrected chi connectivity index (χ3v) is 5.48. The van der Waals surface area contributed by atoms with Gasteiger partial charge in [0.1, 0.15) is 0 Å². The van der Waals surface area contributed by atoms with E-state index in [9.17, 15) is 8.42 Å². The molecule has 0 unspecified atom stereocenters. The molecule has 0 spiro atoms. The average molecular weight is 282 g/mol. The second-order valence-electron chi connectivity index (χ2n) is 5.22. The van der Waals surface area contributed by atoms with Crippen LogP contribution in [-0.2, 0) is 10.0 Å². The second-order valence-corrected chi connectivity index (χ2v) is 7.11. The summed E-state index contributed by atoms with van der Waals surface area (Å²) in [6.45, 7) is 4.53. The smallest absolute Gasteiger partial charge is 0.243 e. The minimum Gasteiger partial charge on any atom is -0.399 e. The van der Waals surface area contributed by atoms with E-state index in [1.165, 1.54) is 0 Å². The summed E-state index contributed by atoms with van der Waals surface area (Å²) in [5, 5.41) is 0. The molecule has 0 amide bonds. The number of sulfonamides is 1. The van der Waals surface area contributed by atoms with Crippen LogP contribution in [0, 0.1) is 6.92 Å². The van der Waals surface area contributed by atoms with E-state index in [1.54, 1.807) is 22.5 Å². The molecule has 0 bridgehead atoms.